The lowest BCUT2D eigenvalue weighted by Gasteiger charge is -2.02. The fourth-order valence-electron chi connectivity index (χ4n) is 0.642. The highest BCUT2D eigenvalue weighted by Crippen LogP contribution is 2.28. The normalized spacial score (nSPS) is 9.50. The summed E-state index contributed by atoms with van der Waals surface area (Å²) in [4.78, 5) is 0. The molecular formula is C7H6BrIO. The van der Waals surface area contributed by atoms with Crippen LogP contribution in [0.1, 0.15) is 0 Å². The molecule has 0 aromatic heterocycles. The molecule has 0 fully saturated rings. The number of benzene rings is 1. The molecule has 54 valence electrons. The SMILES string of the molecule is COc1cccc(I)c1Br. The average Bonchev–Trinajstić information content (AvgIpc) is 1.95. The first-order valence-electron chi connectivity index (χ1n) is 2.73. The summed E-state index contributed by atoms with van der Waals surface area (Å²) in [6, 6.07) is 5.91. The largest absolute Gasteiger partial charge is 0.496 e. The molecule has 0 aliphatic rings. The second-order valence-electron chi connectivity index (χ2n) is 1.76. The molecule has 0 heterocycles. The highest BCUT2D eigenvalue weighted by Gasteiger charge is 2.00. The van der Waals surface area contributed by atoms with Gasteiger partial charge in [0.25, 0.3) is 0 Å². The number of hydrogen-bond donors (Lipinski definition) is 0. The average molecular weight is 313 g/mol. The van der Waals surface area contributed by atoms with E-state index in [0.717, 1.165) is 13.8 Å². The van der Waals surface area contributed by atoms with Crippen LogP contribution in [0.3, 0.4) is 0 Å². The molecule has 0 radical (unpaired) electrons. The van der Waals surface area contributed by atoms with Crippen molar-refractivity contribution in [2.75, 3.05) is 7.11 Å². The molecule has 0 saturated carbocycles. The molecule has 1 aromatic rings. The van der Waals surface area contributed by atoms with Crippen LogP contribution >= 0.6 is 38.5 Å². The van der Waals surface area contributed by atoms with E-state index >= 15 is 0 Å². The van der Waals surface area contributed by atoms with Gasteiger partial charge in [-0.15, -0.1) is 0 Å². The summed E-state index contributed by atoms with van der Waals surface area (Å²) in [6.45, 7) is 0. The lowest BCUT2D eigenvalue weighted by molar-refractivity contribution is 0.412. The predicted octanol–water partition coefficient (Wildman–Crippen LogP) is 3.06. The Bertz CT molecular complexity index is 237. The van der Waals surface area contributed by atoms with E-state index in [1.165, 1.54) is 0 Å². The van der Waals surface area contributed by atoms with Crippen LogP contribution in [0.15, 0.2) is 22.7 Å². The Balaban J connectivity index is 3.14. The van der Waals surface area contributed by atoms with Crippen molar-refractivity contribution in [2.24, 2.45) is 0 Å². The Hall–Kier alpha value is 0.230. The van der Waals surface area contributed by atoms with Crippen LogP contribution in [0.25, 0.3) is 0 Å². The molecule has 0 spiro atoms. The van der Waals surface area contributed by atoms with Gasteiger partial charge in [0.1, 0.15) is 5.75 Å². The first-order valence-corrected chi connectivity index (χ1v) is 4.61. The molecule has 0 unspecified atom stereocenters. The molecule has 1 aromatic carbocycles. The zero-order valence-corrected chi connectivity index (χ0v) is 9.14. The monoisotopic (exact) mass is 312 g/mol. The highest BCUT2D eigenvalue weighted by molar-refractivity contribution is 14.1. The minimum atomic E-state index is 0.881. The first kappa shape index (κ1) is 8.33. The van der Waals surface area contributed by atoms with E-state index in [9.17, 15) is 0 Å². The standard InChI is InChI=1S/C7H6BrIO/c1-10-6-4-2-3-5(9)7(6)8/h2-4H,1H3. The van der Waals surface area contributed by atoms with Gasteiger partial charge in [-0.1, -0.05) is 6.07 Å². The number of rotatable bonds is 1. The highest BCUT2D eigenvalue weighted by atomic mass is 127. The molecule has 1 rings (SSSR count). The molecule has 0 aliphatic carbocycles. The van der Waals surface area contributed by atoms with Crippen molar-refractivity contribution >= 4 is 38.5 Å². The third-order valence-corrected chi connectivity index (χ3v) is 3.59. The van der Waals surface area contributed by atoms with E-state index in [1.54, 1.807) is 7.11 Å². The zero-order valence-electron chi connectivity index (χ0n) is 5.40. The maximum absolute atomic E-state index is 5.07. The van der Waals surface area contributed by atoms with Gasteiger partial charge >= 0.3 is 0 Å². The summed E-state index contributed by atoms with van der Waals surface area (Å²) in [7, 11) is 1.66. The van der Waals surface area contributed by atoms with Gasteiger partial charge in [-0.25, -0.2) is 0 Å². The number of ether oxygens (including phenoxy) is 1. The van der Waals surface area contributed by atoms with Crippen molar-refractivity contribution < 1.29 is 4.74 Å². The Labute approximate surface area is 82.0 Å². The summed E-state index contributed by atoms with van der Waals surface area (Å²) in [5.41, 5.74) is 0. The smallest absolute Gasteiger partial charge is 0.134 e. The van der Waals surface area contributed by atoms with Crippen LogP contribution in [0, 0.1) is 3.57 Å². The van der Waals surface area contributed by atoms with E-state index in [0.29, 0.717) is 0 Å². The molecule has 3 heteroatoms. The quantitative estimate of drug-likeness (QED) is 0.724. The third kappa shape index (κ3) is 1.63. The Morgan fingerprint density at radius 2 is 2.20 bits per heavy atom. The third-order valence-electron chi connectivity index (χ3n) is 1.14. The second-order valence-corrected chi connectivity index (χ2v) is 3.71. The van der Waals surface area contributed by atoms with Gasteiger partial charge in [0.15, 0.2) is 0 Å². The van der Waals surface area contributed by atoms with Crippen LogP contribution in [0.2, 0.25) is 0 Å². The van der Waals surface area contributed by atoms with E-state index in [-0.39, 0.29) is 0 Å². The van der Waals surface area contributed by atoms with Crippen LogP contribution in [0.4, 0.5) is 0 Å². The molecular weight excluding hydrogens is 307 g/mol. The van der Waals surface area contributed by atoms with Crippen molar-refractivity contribution in [3.8, 4) is 5.75 Å². The molecule has 0 aliphatic heterocycles. The number of methoxy groups -OCH3 is 1. The van der Waals surface area contributed by atoms with Gasteiger partial charge in [-0.05, 0) is 50.7 Å². The molecule has 0 N–H and O–H groups in total. The van der Waals surface area contributed by atoms with Gasteiger partial charge in [-0.3, -0.25) is 0 Å². The molecule has 10 heavy (non-hydrogen) atoms. The van der Waals surface area contributed by atoms with Crippen molar-refractivity contribution in [3.05, 3.63) is 26.2 Å². The van der Waals surface area contributed by atoms with E-state index in [1.807, 2.05) is 18.2 Å². The van der Waals surface area contributed by atoms with Gasteiger partial charge in [-0.2, -0.15) is 0 Å². The van der Waals surface area contributed by atoms with Crippen LogP contribution in [-0.2, 0) is 0 Å². The fraction of sp³-hybridized carbons (Fsp3) is 0.143. The zero-order chi connectivity index (χ0) is 7.56. The summed E-state index contributed by atoms with van der Waals surface area (Å²) < 4.78 is 7.26. The summed E-state index contributed by atoms with van der Waals surface area (Å²) in [6.07, 6.45) is 0. The van der Waals surface area contributed by atoms with Gasteiger partial charge in [0.2, 0.25) is 0 Å². The summed E-state index contributed by atoms with van der Waals surface area (Å²) in [5.74, 6) is 0.881. The maximum Gasteiger partial charge on any atom is 0.134 e. The van der Waals surface area contributed by atoms with Crippen molar-refractivity contribution in [1.82, 2.24) is 0 Å². The number of hydrogen-bond acceptors (Lipinski definition) is 1. The maximum atomic E-state index is 5.07. The topological polar surface area (TPSA) is 9.23 Å². The lowest BCUT2D eigenvalue weighted by atomic mass is 10.3. The fourth-order valence-corrected chi connectivity index (χ4v) is 1.54. The minimum Gasteiger partial charge on any atom is -0.496 e. The van der Waals surface area contributed by atoms with Gasteiger partial charge in [0, 0.05) is 3.57 Å². The van der Waals surface area contributed by atoms with Crippen LogP contribution in [-0.4, -0.2) is 7.11 Å². The van der Waals surface area contributed by atoms with E-state index in [2.05, 4.69) is 38.5 Å². The van der Waals surface area contributed by atoms with Crippen molar-refractivity contribution in [2.45, 2.75) is 0 Å². The second kappa shape index (κ2) is 3.57. The molecule has 1 nitrogen and oxygen atoms in total. The van der Waals surface area contributed by atoms with Gasteiger partial charge in [0.05, 0.1) is 11.6 Å². The Morgan fingerprint density at radius 3 is 2.70 bits per heavy atom. The Morgan fingerprint density at radius 1 is 1.50 bits per heavy atom. The minimum absolute atomic E-state index is 0.881. The van der Waals surface area contributed by atoms with Crippen molar-refractivity contribution in [3.63, 3.8) is 0 Å². The summed E-state index contributed by atoms with van der Waals surface area (Å²) >= 11 is 5.65. The first-order chi connectivity index (χ1) is 4.75. The molecule has 0 atom stereocenters. The summed E-state index contributed by atoms with van der Waals surface area (Å²) in [5, 5.41) is 0. The van der Waals surface area contributed by atoms with E-state index < -0.39 is 0 Å². The molecule has 0 amide bonds. The Kier molecular flexibility index (Phi) is 2.97. The van der Waals surface area contributed by atoms with Gasteiger partial charge < -0.3 is 4.74 Å². The van der Waals surface area contributed by atoms with Crippen LogP contribution in [0.5, 0.6) is 5.75 Å². The van der Waals surface area contributed by atoms with Crippen LogP contribution < -0.4 is 4.74 Å². The van der Waals surface area contributed by atoms with E-state index in [4.69, 9.17) is 4.74 Å². The molecule has 0 saturated heterocycles. The number of halogens is 2. The predicted molar refractivity (Wildman–Crippen MR) is 53.4 cm³/mol. The molecule has 0 bridgehead atoms. The van der Waals surface area contributed by atoms with Crippen molar-refractivity contribution in [1.29, 1.82) is 0 Å². The lowest BCUT2D eigenvalue weighted by Crippen LogP contribution is -1.84.